The van der Waals surface area contributed by atoms with E-state index in [0.717, 1.165) is 32.2 Å². The fourth-order valence-electron chi connectivity index (χ4n) is 2.40. The molecule has 0 aromatic carbocycles. The van der Waals surface area contributed by atoms with Crippen molar-refractivity contribution >= 4 is 6.01 Å². The highest BCUT2D eigenvalue weighted by atomic mass is 16.4. The van der Waals surface area contributed by atoms with E-state index in [9.17, 15) is 5.11 Å². The maximum Gasteiger partial charge on any atom is 0.318 e. The van der Waals surface area contributed by atoms with Gasteiger partial charge < -0.3 is 19.7 Å². The zero-order chi connectivity index (χ0) is 13.0. The summed E-state index contributed by atoms with van der Waals surface area (Å²) in [5.74, 6) is 0.581. The van der Waals surface area contributed by atoms with E-state index in [0.29, 0.717) is 25.0 Å². The van der Waals surface area contributed by atoms with E-state index < -0.39 is 5.60 Å². The molecule has 1 fully saturated rings. The van der Waals surface area contributed by atoms with Gasteiger partial charge in [0, 0.05) is 7.05 Å². The number of nitrogens with zero attached hydrogens (tertiary/aromatic N) is 3. The molecule has 1 aromatic rings. The molecular weight excluding hydrogens is 232 g/mol. The summed E-state index contributed by atoms with van der Waals surface area (Å²) in [6.07, 6.45) is 3.91. The molecule has 0 amide bonds. The molecule has 0 radical (unpaired) electrons. The van der Waals surface area contributed by atoms with Crippen molar-refractivity contribution < 1.29 is 9.52 Å². The van der Waals surface area contributed by atoms with Gasteiger partial charge in [-0.1, -0.05) is 24.9 Å². The zero-order valence-electron chi connectivity index (χ0n) is 11.1. The molecule has 18 heavy (non-hydrogen) atoms. The van der Waals surface area contributed by atoms with Crippen LogP contribution in [0.3, 0.4) is 0 Å². The average molecular weight is 254 g/mol. The lowest BCUT2D eigenvalue weighted by molar-refractivity contribution is 0.0549. The lowest BCUT2D eigenvalue weighted by Crippen LogP contribution is -2.39. The molecule has 1 saturated carbocycles. The molecule has 1 aliphatic rings. The third-order valence-corrected chi connectivity index (χ3v) is 3.37. The second-order valence-corrected chi connectivity index (χ2v) is 5.05. The van der Waals surface area contributed by atoms with Crippen molar-refractivity contribution in [2.24, 2.45) is 0 Å². The molecule has 1 aromatic heterocycles. The number of rotatable bonds is 6. The van der Waals surface area contributed by atoms with Crippen molar-refractivity contribution in [3.8, 4) is 0 Å². The van der Waals surface area contributed by atoms with Gasteiger partial charge in [0.1, 0.15) is 0 Å². The Bertz CT molecular complexity index is 374. The van der Waals surface area contributed by atoms with Crippen LogP contribution in [0.15, 0.2) is 4.42 Å². The summed E-state index contributed by atoms with van der Waals surface area (Å²) >= 11 is 0. The number of likely N-dealkylation sites (N-methyl/N-ethyl adjacent to an activating group) is 1. The minimum absolute atomic E-state index is 0.475. The molecule has 6 heteroatoms. The van der Waals surface area contributed by atoms with Crippen LogP contribution in [-0.4, -0.2) is 41.0 Å². The fraction of sp³-hybridized carbons (Fsp3) is 0.833. The molecule has 2 N–H and O–H groups in total. The molecule has 0 atom stereocenters. The first-order valence-electron chi connectivity index (χ1n) is 6.59. The lowest BCUT2D eigenvalue weighted by atomic mass is 10.0. The first-order valence-corrected chi connectivity index (χ1v) is 6.59. The molecule has 0 spiro atoms. The summed E-state index contributed by atoms with van der Waals surface area (Å²) in [7, 11) is 1.88. The standard InChI is InChI=1S/C12H22N4O2/c1-3-13-8-10-14-15-11(18-10)16(2)9-12(17)6-4-5-7-12/h13,17H,3-9H2,1-2H3. The average Bonchev–Trinajstić information content (AvgIpc) is 2.95. The fourth-order valence-corrected chi connectivity index (χ4v) is 2.40. The van der Waals surface area contributed by atoms with Crippen LogP contribution in [-0.2, 0) is 6.54 Å². The summed E-state index contributed by atoms with van der Waals surface area (Å²) in [6.45, 7) is 4.03. The summed E-state index contributed by atoms with van der Waals surface area (Å²) < 4.78 is 5.53. The van der Waals surface area contributed by atoms with Crippen LogP contribution in [0.4, 0.5) is 6.01 Å². The van der Waals surface area contributed by atoms with Crippen LogP contribution >= 0.6 is 0 Å². The zero-order valence-corrected chi connectivity index (χ0v) is 11.1. The molecule has 1 heterocycles. The maximum atomic E-state index is 10.3. The van der Waals surface area contributed by atoms with Crippen molar-refractivity contribution in [1.29, 1.82) is 0 Å². The van der Waals surface area contributed by atoms with Crippen molar-refractivity contribution in [3.05, 3.63) is 5.89 Å². The van der Waals surface area contributed by atoms with E-state index in [2.05, 4.69) is 15.5 Å². The van der Waals surface area contributed by atoms with Gasteiger partial charge in [-0.15, -0.1) is 5.10 Å². The van der Waals surface area contributed by atoms with E-state index >= 15 is 0 Å². The molecule has 0 aliphatic heterocycles. The number of anilines is 1. The number of hydrogen-bond donors (Lipinski definition) is 2. The predicted molar refractivity (Wildman–Crippen MR) is 68.4 cm³/mol. The van der Waals surface area contributed by atoms with E-state index in [4.69, 9.17) is 4.42 Å². The van der Waals surface area contributed by atoms with Crippen molar-refractivity contribution in [3.63, 3.8) is 0 Å². The molecule has 1 aliphatic carbocycles. The van der Waals surface area contributed by atoms with E-state index in [1.165, 1.54) is 0 Å². The predicted octanol–water partition coefficient (Wildman–Crippen LogP) is 0.920. The van der Waals surface area contributed by atoms with Gasteiger partial charge in [0.15, 0.2) is 0 Å². The van der Waals surface area contributed by atoms with Gasteiger partial charge in [0.05, 0.1) is 18.7 Å². The largest absolute Gasteiger partial charge is 0.407 e. The molecule has 6 nitrogen and oxygen atoms in total. The molecular formula is C12H22N4O2. The summed E-state index contributed by atoms with van der Waals surface area (Å²) in [6, 6.07) is 0.475. The Morgan fingerprint density at radius 1 is 1.39 bits per heavy atom. The molecule has 0 saturated heterocycles. The quantitative estimate of drug-likeness (QED) is 0.786. The minimum Gasteiger partial charge on any atom is -0.407 e. The Labute approximate surface area is 107 Å². The van der Waals surface area contributed by atoms with E-state index in [1.807, 2.05) is 18.9 Å². The second-order valence-electron chi connectivity index (χ2n) is 5.05. The molecule has 0 unspecified atom stereocenters. The van der Waals surface area contributed by atoms with E-state index in [-0.39, 0.29) is 0 Å². The first-order chi connectivity index (χ1) is 8.63. The number of hydrogen-bond acceptors (Lipinski definition) is 6. The van der Waals surface area contributed by atoms with Gasteiger partial charge in [-0.3, -0.25) is 0 Å². The van der Waals surface area contributed by atoms with Crippen molar-refractivity contribution in [2.75, 3.05) is 25.0 Å². The van der Waals surface area contributed by atoms with Crippen molar-refractivity contribution in [1.82, 2.24) is 15.5 Å². The third-order valence-electron chi connectivity index (χ3n) is 3.37. The molecule has 0 bridgehead atoms. The maximum absolute atomic E-state index is 10.3. The topological polar surface area (TPSA) is 74.4 Å². The van der Waals surface area contributed by atoms with Crippen LogP contribution in [0.5, 0.6) is 0 Å². The summed E-state index contributed by atoms with van der Waals surface area (Å²) in [5.41, 5.74) is -0.592. The molecule has 102 valence electrons. The first kappa shape index (κ1) is 13.3. The Balaban J connectivity index is 1.91. The van der Waals surface area contributed by atoms with Gasteiger partial charge in [-0.05, 0) is 19.4 Å². The third kappa shape index (κ3) is 3.20. The summed E-state index contributed by atoms with van der Waals surface area (Å²) in [5, 5.41) is 21.4. The smallest absolute Gasteiger partial charge is 0.318 e. The SMILES string of the molecule is CCNCc1nnc(N(C)CC2(O)CCCC2)o1. The van der Waals surface area contributed by atoms with Crippen LogP contribution in [0.25, 0.3) is 0 Å². The summed E-state index contributed by atoms with van der Waals surface area (Å²) in [4.78, 5) is 1.84. The van der Waals surface area contributed by atoms with Gasteiger partial charge in [0.25, 0.3) is 0 Å². The number of aliphatic hydroxyl groups is 1. The normalized spacial score (nSPS) is 18.2. The van der Waals surface area contributed by atoms with Crippen LogP contribution in [0, 0.1) is 0 Å². The lowest BCUT2D eigenvalue weighted by Gasteiger charge is -2.27. The second kappa shape index (κ2) is 5.67. The highest BCUT2D eigenvalue weighted by molar-refractivity contribution is 5.23. The monoisotopic (exact) mass is 254 g/mol. The Hall–Kier alpha value is -1.14. The van der Waals surface area contributed by atoms with Crippen LogP contribution in [0.1, 0.15) is 38.5 Å². The Kier molecular flexibility index (Phi) is 4.19. The van der Waals surface area contributed by atoms with Crippen LogP contribution in [0.2, 0.25) is 0 Å². The Morgan fingerprint density at radius 3 is 2.78 bits per heavy atom. The van der Waals surface area contributed by atoms with Crippen molar-refractivity contribution in [2.45, 2.75) is 44.8 Å². The molecule has 2 rings (SSSR count). The number of aromatic nitrogens is 2. The van der Waals surface area contributed by atoms with E-state index in [1.54, 1.807) is 0 Å². The highest BCUT2D eigenvalue weighted by Crippen LogP contribution is 2.30. The highest BCUT2D eigenvalue weighted by Gasteiger charge is 2.33. The Morgan fingerprint density at radius 2 is 2.11 bits per heavy atom. The van der Waals surface area contributed by atoms with Gasteiger partial charge >= 0.3 is 6.01 Å². The van der Waals surface area contributed by atoms with Gasteiger partial charge in [-0.25, -0.2) is 0 Å². The minimum atomic E-state index is -0.592. The van der Waals surface area contributed by atoms with Crippen LogP contribution < -0.4 is 10.2 Å². The van der Waals surface area contributed by atoms with Gasteiger partial charge in [-0.2, -0.15) is 0 Å². The number of nitrogens with one attached hydrogen (secondary N) is 1. The van der Waals surface area contributed by atoms with Gasteiger partial charge in [0.2, 0.25) is 5.89 Å².